The normalized spacial score (nSPS) is 10.4. The molecule has 0 bridgehead atoms. The summed E-state index contributed by atoms with van der Waals surface area (Å²) in [7, 11) is 0. The first-order valence-corrected chi connectivity index (χ1v) is 6.16. The highest BCUT2D eigenvalue weighted by molar-refractivity contribution is 6.33. The molecule has 2 aromatic rings. The summed E-state index contributed by atoms with van der Waals surface area (Å²) in [6, 6.07) is 8.93. The van der Waals surface area contributed by atoms with Crippen LogP contribution in [0.2, 0.25) is 10.0 Å². The van der Waals surface area contributed by atoms with Gasteiger partial charge in [0.25, 0.3) is 0 Å². The molecule has 2 rings (SSSR count). The van der Waals surface area contributed by atoms with Gasteiger partial charge >= 0.3 is 0 Å². The van der Waals surface area contributed by atoms with Gasteiger partial charge in [0.1, 0.15) is 12.4 Å². The van der Waals surface area contributed by atoms with Crippen LogP contribution in [-0.2, 0) is 13.2 Å². The molecular weight excluding hydrogens is 271 g/mol. The van der Waals surface area contributed by atoms with Crippen LogP contribution in [0, 0.1) is 0 Å². The van der Waals surface area contributed by atoms with E-state index in [1.165, 1.54) is 0 Å². The maximum absolute atomic E-state index is 6.04. The molecule has 1 heterocycles. The van der Waals surface area contributed by atoms with Crippen LogP contribution >= 0.6 is 23.2 Å². The van der Waals surface area contributed by atoms with Crippen molar-refractivity contribution in [3.63, 3.8) is 0 Å². The quantitative estimate of drug-likeness (QED) is 0.935. The van der Waals surface area contributed by atoms with Crippen LogP contribution in [0.4, 0.5) is 0 Å². The zero-order valence-corrected chi connectivity index (χ0v) is 11.1. The van der Waals surface area contributed by atoms with Crippen LogP contribution in [0.5, 0.6) is 5.75 Å². The fraction of sp³-hybridized carbons (Fsp3) is 0.154. The van der Waals surface area contributed by atoms with Gasteiger partial charge < -0.3 is 10.5 Å². The fourth-order valence-corrected chi connectivity index (χ4v) is 1.80. The number of benzene rings is 1. The van der Waals surface area contributed by atoms with Gasteiger partial charge in [-0.3, -0.25) is 4.98 Å². The minimum atomic E-state index is 0.350. The molecule has 0 atom stereocenters. The molecule has 5 heteroatoms. The summed E-state index contributed by atoms with van der Waals surface area (Å²) < 4.78 is 5.58. The lowest BCUT2D eigenvalue weighted by Gasteiger charge is -2.08. The molecule has 18 heavy (non-hydrogen) atoms. The largest absolute Gasteiger partial charge is 0.487 e. The van der Waals surface area contributed by atoms with Crippen molar-refractivity contribution in [3.8, 4) is 5.75 Å². The average molecular weight is 283 g/mol. The molecule has 1 aromatic heterocycles. The molecule has 0 aliphatic carbocycles. The molecule has 0 aliphatic heterocycles. The average Bonchev–Trinajstić information content (AvgIpc) is 2.40. The lowest BCUT2D eigenvalue weighted by Crippen LogP contribution is -2.00. The zero-order chi connectivity index (χ0) is 13.0. The third-order valence-electron chi connectivity index (χ3n) is 2.41. The van der Waals surface area contributed by atoms with Crippen molar-refractivity contribution in [2.45, 2.75) is 13.2 Å². The van der Waals surface area contributed by atoms with Crippen LogP contribution in [0.1, 0.15) is 11.3 Å². The summed E-state index contributed by atoms with van der Waals surface area (Å²) in [6.07, 6.45) is 1.64. The maximum Gasteiger partial charge on any atom is 0.138 e. The van der Waals surface area contributed by atoms with Gasteiger partial charge in [0.05, 0.1) is 11.9 Å². The Morgan fingerprint density at radius 2 is 2.00 bits per heavy atom. The maximum atomic E-state index is 6.04. The topological polar surface area (TPSA) is 48.1 Å². The third-order valence-corrected chi connectivity index (χ3v) is 3.01. The number of hydrogen-bond acceptors (Lipinski definition) is 3. The summed E-state index contributed by atoms with van der Waals surface area (Å²) in [6.45, 7) is 0.767. The van der Waals surface area contributed by atoms with Gasteiger partial charge in [-0.1, -0.05) is 23.2 Å². The van der Waals surface area contributed by atoms with Crippen molar-refractivity contribution in [1.29, 1.82) is 0 Å². The second kappa shape index (κ2) is 6.05. The molecule has 0 aliphatic rings. The molecule has 1 aromatic carbocycles. The first-order chi connectivity index (χ1) is 8.69. The van der Waals surface area contributed by atoms with Gasteiger partial charge in [0, 0.05) is 22.2 Å². The van der Waals surface area contributed by atoms with E-state index in [4.69, 9.17) is 33.7 Å². The van der Waals surface area contributed by atoms with E-state index in [1.807, 2.05) is 12.1 Å². The highest BCUT2D eigenvalue weighted by Gasteiger charge is 2.03. The van der Waals surface area contributed by atoms with E-state index in [0.29, 0.717) is 28.9 Å². The molecule has 0 saturated heterocycles. The SMILES string of the molecule is NCc1ccc(OCc2cc(Cl)ccc2Cl)cn1. The van der Waals surface area contributed by atoms with E-state index in [0.717, 1.165) is 11.3 Å². The van der Waals surface area contributed by atoms with Gasteiger partial charge in [0.15, 0.2) is 0 Å². The second-order valence-electron chi connectivity index (χ2n) is 3.71. The molecule has 0 radical (unpaired) electrons. The third kappa shape index (κ3) is 3.35. The molecule has 0 unspecified atom stereocenters. The summed E-state index contributed by atoms with van der Waals surface area (Å²) in [5, 5.41) is 1.26. The fourth-order valence-electron chi connectivity index (χ4n) is 1.43. The molecular formula is C13H12Cl2N2O. The minimum Gasteiger partial charge on any atom is -0.487 e. The van der Waals surface area contributed by atoms with E-state index >= 15 is 0 Å². The number of halogens is 2. The molecule has 94 valence electrons. The number of pyridine rings is 1. The number of rotatable bonds is 4. The number of aromatic nitrogens is 1. The Bertz CT molecular complexity index is 529. The smallest absolute Gasteiger partial charge is 0.138 e. The Balaban J connectivity index is 2.04. The van der Waals surface area contributed by atoms with Crippen molar-refractivity contribution < 1.29 is 4.74 Å². The van der Waals surface area contributed by atoms with Crippen molar-refractivity contribution >= 4 is 23.2 Å². The first-order valence-electron chi connectivity index (χ1n) is 5.41. The van der Waals surface area contributed by atoms with Crippen molar-refractivity contribution in [2.75, 3.05) is 0 Å². The number of nitrogens with zero attached hydrogens (tertiary/aromatic N) is 1. The molecule has 0 amide bonds. The monoisotopic (exact) mass is 282 g/mol. The van der Waals surface area contributed by atoms with E-state index in [1.54, 1.807) is 24.4 Å². The minimum absolute atomic E-state index is 0.350. The van der Waals surface area contributed by atoms with E-state index in [2.05, 4.69) is 4.98 Å². The van der Waals surface area contributed by atoms with Gasteiger partial charge in [-0.05, 0) is 30.3 Å². The highest BCUT2D eigenvalue weighted by Crippen LogP contribution is 2.22. The Kier molecular flexibility index (Phi) is 4.42. The van der Waals surface area contributed by atoms with Crippen LogP contribution in [0.15, 0.2) is 36.5 Å². The van der Waals surface area contributed by atoms with Crippen molar-refractivity contribution in [3.05, 3.63) is 57.8 Å². The lowest BCUT2D eigenvalue weighted by molar-refractivity contribution is 0.305. The van der Waals surface area contributed by atoms with Crippen LogP contribution < -0.4 is 10.5 Å². The Labute approximate surface area is 115 Å². The standard InChI is InChI=1S/C13H12Cl2N2O/c14-10-1-4-13(15)9(5-10)8-18-12-3-2-11(6-16)17-7-12/h1-5,7H,6,8,16H2. The van der Waals surface area contributed by atoms with Crippen LogP contribution in [0.3, 0.4) is 0 Å². The van der Waals surface area contributed by atoms with Crippen molar-refractivity contribution in [1.82, 2.24) is 4.98 Å². The summed E-state index contributed by atoms with van der Waals surface area (Å²) >= 11 is 11.9. The second-order valence-corrected chi connectivity index (χ2v) is 4.56. The molecule has 2 N–H and O–H groups in total. The summed E-state index contributed by atoms with van der Waals surface area (Å²) in [4.78, 5) is 4.14. The highest BCUT2D eigenvalue weighted by atomic mass is 35.5. The molecule has 3 nitrogen and oxygen atoms in total. The van der Waals surface area contributed by atoms with Gasteiger partial charge in [-0.15, -0.1) is 0 Å². The Morgan fingerprint density at radius 1 is 1.17 bits per heavy atom. The van der Waals surface area contributed by atoms with E-state index in [9.17, 15) is 0 Å². The van der Waals surface area contributed by atoms with Crippen LogP contribution in [-0.4, -0.2) is 4.98 Å². The van der Waals surface area contributed by atoms with Gasteiger partial charge in [-0.25, -0.2) is 0 Å². The van der Waals surface area contributed by atoms with Gasteiger partial charge in [-0.2, -0.15) is 0 Å². The molecule has 0 spiro atoms. The first kappa shape index (κ1) is 13.1. The Morgan fingerprint density at radius 3 is 2.67 bits per heavy atom. The lowest BCUT2D eigenvalue weighted by atomic mass is 10.2. The predicted octanol–water partition coefficient (Wildman–Crippen LogP) is 3.43. The van der Waals surface area contributed by atoms with Gasteiger partial charge in [0.2, 0.25) is 0 Å². The predicted molar refractivity (Wildman–Crippen MR) is 72.9 cm³/mol. The Hall–Kier alpha value is -1.29. The molecule has 0 fully saturated rings. The zero-order valence-electron chi connectivity index (χ0n) is 9.57. The summed E-state index contributed by atoms with van der Waals surface area (Å²) in [5.41, 5.74) is 7.13. The van der Waals surface area contributed by atoms with E-state index < -0.39 is 0 Å². The van der Waals surface area contributed by atoms with Crippen LogP contribution in [0.25, 0.3) is 0 Å². The molecule has 0 saturated carbocycles. The number of hydrogen-bond donors (Lipinski definition) is 1. The summed E-state index contributed by atoms with van der Waals surface area (Å²) in [5.74, 6) is 0.670. The van der Waals surface area contributed by atoms with Crippen molar-refractivity contribution in [2.24, 2.45) is 5.73 Å². The number of nitrogens with two attached hydrogens (primary N) is 1. The number of ether oxygens (including phenoxy) is 1. The van der Waals surface area contributed by atoms with E-state index in [-0.39, 0.29) is 0 Å².